The summed E-state index contributed by atoms with van der Waals surface area (Å²) in [7, 11) is -1.15. The Morgan fingerprint density at radius 3 is 2.08 bits per heavy atom. The number of carbonyl (C=O) groups excluding carboxylic acids is 1. The highest BCUT2D eigenvalue weighted by molar-refractivity contribution is 6.62. The molecule has 0 spiro atoms. The largest absolute Gasteiger partial charge is 0.495 e. The molecule has 8 heteroatoms. The van der Waals surface area contributed by atoms with Crippen molar-refractivity contribution in [1.29, 1.82) is 0 Å². The number of carbonyl (C=O) groups is 1. The van der Waals surface area contributed by atoms with E-state index in [1.807, 2.05) is 0 Å². The molecule has 0 saturated carbocycles. The second-order valence-electron chi connectivity index (χ2n) is 7.52. The third-order valence-corrected chi connectivity index (χ3v) is 4.55. The summed E-state index contributed by atoms with van der Waals surface area (Å²) in [5, 5.41) is 2.58. The molecule has 0 unspecified atom stereocenters. The van der Waals surface area contributed by atoms with Crippen LogP contribution in [0, 0.1) is 0 Å². The molecule has 1 heterocycles. The average Bonchev–Trinajstić information content (AvgIpc) is 2.65. The molecule has 1 N–H and O–H groups in total. The number of benzene rings is 1. The molecule has 2 rings (SSSR count). The van der Waals surface area contributed by atoms with E-state index >= 15 is 0 Å². The van der Waals surface area contributed by atoms with Crippen molar-refractivity contribution in [2.75, 3.05) is 0 Å². The first kappa shape index (κ1) is 19.8. The predicted octanol–water partition coefficient (Wildman–Crippen LogP) is 3.14. The highest BCUT2D eigenvalue weighted by Gasteiger charge is 2.53. The molecule has 0 aromatic heterocycles. The molecule has 0 aliphatic carbocycles. The van der Waals surface area contributed by atoms with E-state index in [4.69, 9.17) is 9.31 Å². The number of amides is 1. The Hall–Kier alpha value is -1.54. The lowest BCUT2D eigenvalue weighted by molar-refractivity contribution is -0.136. The number of rotatable bonds is 3. The van der Waals surface area contributed by atoms with Crippen LogP contribution < -0.4 is 10.8 Å². The molecule has 1 aromatic carbocycles. The number of hydrogen-bond acceptors (Lipinski definition) is 3. The van der Waals surface area contributed by atoms with E-state index in [1.54, 1.807) is 41.5 Å². The zero-order valence-corrected chi connectivity index (χ0v) is 15.2. The molecular formula is C17H23BF3NO3. The number of alkyl halides is 3. The smallest absolute Gasteiger partial charge is 0.399 e. The van der Waals surface area contributed by atoms with Crippen LogP contribution in [-0.4, -0.2) is 30.3 Å². The minimum atomic E-state index is -4.63. The first-order chi connectivity index (χ1) is 11.2. The third kappa shape index (κ3) is 4.01. The highest BCUT2D eigenvalue weighted by atomic mass is 19.4. The lowest BCUT2D eigenvalue weighted by atomic mass is 9.75. The van der Waals surface area contributed by atoms with Gasteiger partial charge in [0.15, 0.2) is 0 Å². The first-order valence-electron chi connectivity index (χ1n) is 8.12. The van der Waals surface area contributed by atoms with Crippen LogP contribution >= 0.6 is 0 Å². The molecule has 25 heavy (non-hydrogen) atoms. The summed E-state index contributed by atoms with van der Waals surface area (Å²) in [6, 6.07) is 3.27. The molecule has 1 saturated heterocycles. The van der Waals surface area contributed by atoms with Crippen molar-refractivity contribution in [2.24, 2.45) is 0 Å². The molecule has 138 valence electrons. The number of hydrogen-bond donors (Lipinski definition) is 1. The molecule has 1 aliphatic heterocycles. The Morgan fingerprint density at radius 1 is 1.12 bits per heavy atom. The third-order valence-electron chi connectivity index (χ3n) is 4.55. The van der Waals surface area contributed by atoms with Gasteiger partial charge >= 0.3 is 13.3 Å². The van der Waals surface area contributed by atoms with E-state index in [0.29, 0.717) is 0 Å². The van der Waals surface area contributed by atoms with Crippen molar-refractivity contribution in [3.63, 3.8) is 0 Å². The minimum absolute atomic E-state index is 0.0544. The van der Waals surface area contributed by atoms with Gasteiger partial charge in [-0.3, -0.25) is 4.79 Å². The SMILES string of the molecule is CC(C)NC(=O)c1ccc(B2OC(C)(C)C(C)(C)O2)c(C(F)(F)F)c1. The van der Waals surface area contributed by atoms with Crippen LogP contribution in [0.3, 0.4) is 0 Å². The van der Waals surface area contributed by atoms with Gasteiger partial charge in [-0.1, -0.05) is 6.07 Å². The summed E-state index contributed by atoms with van der Waals surface area (Å²) in [6.07, 6.45) is -4.63. The Bertz CT molecular complexity index is 656. The van der Waals surface area contributed by atoms with E-state index in [2.05, 4.69) is 5.32 Å². The maximum Gasteiger partial charge on any atom is 0.495 e. The minimum Gasteiger partial charge on any atom is -0.399 e. The summed E-state index contributed by atoms with van der Waals surface area (Å²) in [4.78, 5) is 12.0. The van der Waals surface area contributed by atoms with Gasteiger partial charge in [-0.2, -0.15) is 13.2 Å². The van der Waals surface area contributed by atoms with E-state index < -0.39 is 36.0 Å². The quantitative estimate of drug-likeness (QED) is 0.846. The van der Waals surface area contributed by atoms with Gasteiger partial charge in [0.1, 0.15) is 0 Å². The summed E-state index contributed by atoms with van der Waals surface area (Å²) in [6.45, 7) is 10.5. The average molecular weight is 357 g/mol. The van der Waals surface area contributed by atoms with Crippen molar-refractivity contribution in [2.45, 2.75) is 65.0 Å². The van der Waals surface area contributed by atoms with Gasteiger partial charge in [0.25, 0.3) is 5.91 Å². The van der Waals surface area contributed by atoms with Gasteiger partial charge in [0.2, 0.25) is 0 Å². The summed E-state index contributed by atoms with van der Waals surface area (Å²) in [5.41, 5.74) is -2.63. The Labute approximate surface area is 146 Å². The lowest BCUT2D eigenvalue weighted by Crippen LogP contribution is -2.41. The Morgan fingerprint density at radius 2 is 1.64 bits per heavy atom. The fourth-order valence-electron chi connectivity index (χ4n) is 2.46. The highest BCUT2D eigenvalue weighted by Crippen LogP contribution is 2.38. The summed E-state index contributed by atoms with van der Waals surface area (Å²) in [5.74, 6) is -0.555. The second kappa shape index (κ2) is 6.32. The molecule has 1 amide bonds. The maximum absolute atomic E-state index is 13.6. The Kier molecular flexibility index (Phi) is 5.00. The zero-order chi connectivity index (χ0) is 19.2. The monoisotopic (exact) mass is 357 g/mol. The first-order valence-corrected chi connectivity index (χ1v) is 8.12. The van der Waals surface area contributed by atoms with E-state index in [9.17, 15) is 18.0 Å². The standard InChI is InChI=1S/C17H23BF3NO3/c1-10(2)22-14(23)11-7-8-13(12(9-11)17(19,20)21)18-24-15(3,4)16(5,6)25-18/h7-10H,1-6H3,(H,22,23). The topological polar surface area (TPSA) is 47.6 Å². The van der Waals surface area contributed by atoms with Gasteiger partial charge in [-0.05, 0) is 59.1 Å². The van der Waals surface area contributed by atoms with Gasteiger partial charge in [0.05, 0.1) is 16.8 Å². The van der Waals surface area contributed by atoms with E-state index in [-0.39, 0.29) is 17.1 Å². The predicted molar refractivity (Wildman–Crippen MR) is 89.8 cm³/mol. The van der Waals surface area contributed by atoms with Gasteiger partial charge in [-0.15, -0.1) is 0 Å². The van der Waals surface area contributed by atoms with Gasteiger partial charge in [0, 0.05) is 11.6 Å². The molecule has 1 aliphatic rings. The van der Waals surface area contributed by atoms with Gasteiger partial charge < -0.3 is 14.6 Å². The van der Waals surface area contributed by atoms with Crippen LogP contribution in [0.15, 0.2) is 18.2 Å². The van der Waals surface area contributed by atoms with Crippen molar-refractivity contribution in [1.82, 2.24) is 5.32 Å². The molecule has 4 nitrogen and oxygen atoms in total. The lowest BCUT2D eigenvalue weighted by Gasteiger charge is -2.32. The van der Waals surface area contributed by atoms with Crippen LogP contribution in [0.4, 0.5) is 13.2 Å². The van der Waals surface area contributed by atoms with Crippen LogP contribution in [0.25, 0.3) is 0 Å². The molecule has 0 radical (unpaired) electrons. The van der Waals surface area contributed by atoms with Crippen molar-refractivity contribution in [3.8, 4) is 0 Å². The Balaban J connectivity index is 2.45. The molecule has 0 bridgehead atoms. The van der Waals surface area contributed by atoms with E-state index in [1.165, 1.54) is 12.1 Å². The van der Waals surface area contributed by atoms with Gasteiger partial charge in [-0.25, -0.2) is 0 Å². The van der Waals surface area contributed by atoms with Crippen molar-refractivity contribution < 1.29 is 27.3 Å². The van der Waals surface area contributed by atoms with E-state index in [0.717, 1.165) is 6.07 Å². The van der Waals surface area contributed by atoms with Crippen LogP contribution in [0.1, 0.15) is 57.5 Å². The van der Waals surface area contributed by atoms with Crippen LogP contribution in [0.2, 0.25) is 0 Å². The van der Waals surface area contributed by atoms with Crippen LogP contribution in [0.5, 0.6) is 0 Å². The normalized spacial score (nSPS) is 19.4. The molecular weight excluding hydrogens is 334 g/mol. The summed E-state index contributed by atoms with van der Waals surface area (Å²) >= 11 is 0. The fourth-order valence-corrected chi connectivity index (χ4v) is 2.46. The van der Waals surface area contributed by atoms with Crippen molar-refractivity contribution >= 4 is 18.5 Å². The summed E-state index contributed by atoms with van der Waals surface area (Å²) < 4.78 is 52.1. The fraction of sp³-hybridized carbons (Fsp3) is 0.588. The maximum atomic E-state index is 13.6. The molecule has 1 aromatic rings. The van der Waals surface area contributed by atoms with Crippen molar-refractivity contribution in [3.05, 3.63) is 29.3 Å². The number of halogens is 3. The second-order valence-corrected chi connectivity index (χ2v) is 7.52. The zero-order valence-electron chi connectivity index (χ0n) is 15.2. The molecule has 0 atom stereocenters. The number of nitrogens with one attached hydrogen (secondary N) is 1. The molecule has 1 fully saturated rings. The van der Waals surface area contributed by atoms with Crippen LogP contribution in [-0.2, 0) is 15.5 Å².